The van der Waals surface area contributed by atoms with E-state index in [1.54, 1.807) is 0 Å². The zero-order valence-electron chi connectivity index (χ0n) is 17.3. The molecule has 0 aromatic rings. The maximum Gasteiger partial charge on any atom is 0.457 e. The smallest absolute Gasteiger partial charge is 0.457 e. The number of fused-ring (bicyclic) bond motifs is 1. The molecule has 0 aromatic carbocycles. The molecular weight excluding hydrogens is 329 g/mol. The lowest BCUT2D eigenvalue weighted by molar-refractivity contribution is -0.141. The highest BCUT2D eigenvalue weighted by molar-refractivity contribution is 6.45. The first-order valence-electron chi connectivity index (χ1n) is 10.3. The van der Waals surface area contributed by atoms with E-state index in [0.717, 1.165) is 38.5 Å². The topological polar surface area (TPSA) is 67.8 Å². The van der Waals surface area contributed by atoms with Gasteiger partial charge in [-0.1, -0.05) is 41.0 Å². The molecule has 0 spiro atoms. The lowest BCUT2D eigenvalue weighted by atomic mass is 9.57. The van der Waals surface area contributed by atoms with Gasteiger partial charge in [-0.05, 0) is 61.7 Å². The molecule has 6 heteroatoms. The first-order valence-corrected chi connectivity index (χ1v) is 10.3. The highest BCUT2D eigenvalue weighted by Gasteiger charge is 2.59. The maximum atomic E-state index is 11.5. The Balaban J connectivity index is 1.58. The fraction of sp³-hybridized carbons (Fsp3) is 0.950. The molecule has 0 bridgehead atoms. The monoisotopic (exact) mass is 365 g/mol. The summed E-state index contributed by atoms with van der Waals surface area (Å²) in [6, 6.07) is -0.435. The Kier molecular flexibility index (Phi) is 5.26. The molecule has 2 saturated heterocycles. The molecule has 0 aromatic heterocycles. The van der Waals surface area contributed by atoms with Crippen molar-refractivity contribution in [2.75, 3.05) is 6.54 Å². The van der Waals surface area contributed by atoms with Gasteiger partial charge in [0.25, 0.3) is 0 Å². The average molecular weight is 365 g/mol. The second-order valence-corrected chi connectivity index (χ2v) is 10.1. The Hall–Kier alpha value is -0.585. The van der Waals surface area contributed by atoms with Gasteiger partial charge < -0.3 is 19.7 Å². The molecule has 0 amide bonds. The molecule has 26 heavy (non-hydrogen) atoms. The van der Waals surface area contributed by atoms with Crippen LogP contribution in [-0.2, 0) is 14.1 Å². The van der Waals surface area contributed by atoms with Gasteiger partial charge >= 0.3 is 13.1 Å². The largest absolute Gasteiger partial charge is 0.480 e. The van der Waals surface area contributed by atoms with Gasteiger partial charge in [0.2, 0.25) is 0 Å². The van der Waals surface area contributed by atoms with Crippen molar-refractivity contribution in [3.63, 3.8) is 0 Å². The number of carboxylic acids is 1. The first-order chi connectivity index (χ1) is 12.0. The standard InChI is InChI=1S/C20H36BNO4/c1-13-12-15-20(6,14(2)18(13,3)4)26-21(25-15)10-7-8-19(5)9-11-22-16(19)17(23)24/h13-16,22H,7-12H2,1-6H3,(H,23,24)/t13-,14-,15+,16-,19-,20-/m1/s1. The van der Waals surface area contributed by atoms with E-state index in [9.17, 15) is 9.90 Å². The Morgan fingerprint density at radius 2 is 1.96 bits per heavy atom. The maximum absolute atomic E-state index is 11.5. The second-order valence-electron chi connectivity index (χ2n) is 10.1. The van der Waals surface area contributed by atoms with Crippen LogP contribution in [0.1, 0.15) is 67.2 Å². The Labute approximate surface area is 158 Å². The Morgan fingerprint density at radius 3 is 2.62 bits per heavy atom. The van der Waals surface area contributed by atoms with E-state index in [0.29, 0.717) is 11.8 Å². The van der Waals surface area contributed by atoms with E-state index < -0.39 is 12.0 Å². The summed E-state index contributed by atoms with van der Waals surface area (Å²) >= 11 is 0. The fourth-order valence-corrected chi connectivity index (χ4v) is 5.51. The van der Waals surface area contributed by atoms with Gasteiger partial charge in [-0.25, -0.2) is 0 Å². The summed E-state index contributed by atoms with van der Waals surface area (Å²) in [5.41, 5.74) is -0.158. The summed E-state index contributed by atoms with van der Waals surface area (Å²) in [4.78, 5) is 11.5. The van der Waals surface area contributed by atoms with Crippen molar-refractivity contribution < 1.29 is 19.2 Å². The third kappa shape index (κ3) is 3.22. The highest BCUT2D eigenvalue weighted by atomic mass is 16.7. The van der Waals surface area contributed by atoms with E-state index in [1.165, 1.54) is 0 Å². The lowest BCUT2D eigenvalue weighted by Crippen LogP contribution is -2.56. The van der Waals surface area contributed by atoms with Gasteiger partial charge in [-0.15, -0.1) is 0 Å². The van der Waals surface area contributed by atoms with Crippen LogP contribution in [0.2, 0.25) is 6.32 Å². The lowest BCUT2D eigenvalue weighted by Gasteiger charge is -2.53. The number of nitrogens with one attached hydrogen (secondary N) is 1. The van der Waals surface area contributed by atoms with Crippen LogP contribution >= 0.6 is 0 Å². The van der Waals surface area contributed by atoms with E-state index in [1.807, 2.05) is 0 Å². The average Bonchev–Trinajstić information content (AvgIpc) is 3.07. The van der Waals surface area contributed by atoms with Crippen LogP contribution in [0.4, 0.5) is 0 Å². The number of hydrogen-bond acceptors (Lipinski definition) is 4. The second kappa shape index (κ2) is 6.79. The Morgan fingerprint density at radius 1 is 1.27 bits per heavy atom. The summed E-state index contributed by atoms with van der Waals surface area (Å²) in [7, 11) is -0.158. The molecule has 2 N–H and O–H groups in total. The van der Waals surface area contributed by atoms with Crippen LogP contribution < -0.4 is 5.32 Å². The molecule has 2 aliphatic heterocycles. The minimum atomic E-state index is -0.734. The zero-order valence-corrected chi connectivity index (χ0v) is 17.3. The number of rotatable bonds is 5. The van der Waals surface area contributed by atoms with Crippen LogP contribution in [0.15, 0.2) is 0 Å². The zero-order chi connectivity index (χ0) is 19.3. The van der Waals surface area contributed by atoms with Crippen molar-refractivity contribution in [1.82, 2.24) is 5.32 Å². The molecule has 2 heterocycles. The number of carboxylic acid groups (broad SMARTS) is 1. The van der Waals surface area contributed by atoms with Crippen LogP contribution in [-0.4, -0.2) is 42.5 Å². The summed E-state index contributed by atoms with van der Waals surface area (Å²) in [6.45, 7) is 14.4. The van der Waals surface area contributed by atoms with Crippen LogP contribution in [0.3, 0.4) is 0 Å². The van der Waals surface area contributed by atoms with Gasteiger partial charge in [-0.3, -0.25) is 4.79 Å². The molecule has 3 rings (SSSR count). The summed E-state index contributed by atoms with van der Waals surface area (Å²) in [5.74, 6) is 0.307. The van der Waals surface area contributed by atoms with Gasteiger partial charge in [0, 0.05) is 0 Å². The number of aliphatic carboxylic acids is 1. The normalized spacial score (nSPS) is 44.9. The molecule has 148 valence electrons. The molecular formula is C20H36BNO4. The summed E-state index contributed by atoms with van der Waals surface area (Å²) < 4.78 is 12.8. The molecule has 5 nitrogen and oxygen atoms in total. The predicted octanol–water partition coefficient (Wildman–Crippen LogP) is 3.58. The minimum Gasteiger partial charge on any atom is -0.480 e. The minimum absolute atomic E-state index is 0.158. The van der Waals surface area contributed by atoms with Crippen LogP contribution in [0.5, 0.6) is 0 Å². The number of carbonyl (C=O) groups is 1. The highest BCUT2D eigenvalue weighted by Crippen LogP contribution is 2.54. The van der Waals surface area contributed by atoms with Gasteiger partial charge in [-0.2, -0.15) is 0 Å². The van der Waals surface area contributed by atoms with Gasteiger partial charge in [0.15, 0.2) is 0 Å². The third-order valence-corrected chi connectivity index (χ3v) is 8.33. The molecule has 0 radical (unpaired) electrons. The van der Waals surface area contributed by atoms with Crippen LogP contribution in [0, 0.1) is 22.7 Å². The van der Waals surface area contributed by atoms with E-state index in [4.69, 9.17) is 9.31 Å². The van der Waals surface area contributed by atoms with Crippen LogP contribution in [0.25, 0.3) is 0 Å². The van der Waals surface area contributed by atoms with E-state index in [2.05, 4.69) is 46.9 Å². The van der Waals surface area contributed by atoms with Crippen molar-refractivity contribution in [2.24, 2.45) is 22.7 Å². The molecule has 0 unspecified atom stereocenters. The summed E-state index contributed by atoms with van der Waals surface area (Å²) in [6.07, 6.45) is 4.80. The molecule has 3 aliphatic rings. The molecule has 1 aliphatic carbocycles. The fourth-order valence-electron chi connectivity index (χ4n) is 5.51. The first kappa shape index (κ1) is 20.2. The van der Waals surface area contributed by atoms with Crippen molar-refractivity contribution in [3.8, 4) is 0 Å². The molecule has 1 saturated carbocycles. The molecule has 3 fully saturated rings. The van der Waals surface area contributed by atoms with Crippen molar-refractivity contribution in [1.29, 1.82) is 0 Å². The number of hydrogen-bond donors (Lipinski definition) is 2. The van der Waals surface area contributed by atoms with Gasteiger partial charge in [0.1, 0.15) is 6.04 Å². The van der Waals surface area contributed by atoms with E-state index >= 15 is 0 Å². The quantitative estimate of drug-likeness (QED) is 0.729. The SMILES string of the molecule is C[C@@H]1C[C@@H]2OB(CCC[C@]3(C)CCN[C@@H]3C(=O)O)O[C@]2(C)[C@H](C)C1(C)C. The predicted molar refractivity (Wildman–Crippen MR) is 103 cm³/mol. The molecule has 6 atom stereocenters. The third-order valence-electron chi connectivity index (χ3n) is 8.33. The van der Waals surface area contributed by atoms with Crippen molar-refractivity contribution in [3.05, 3.63) is 0 Å². The van der Waals surface area contributed by atoms with Crippen molar-refractivity contribution >= 4 is 13.1 Å². The Bertz CT molecular complexity index is 556. The van der Waals surface area contributed by atoms with Crippen molar-refractivity contribution in [2.45, 2.75) is 91.3 Å². The van der Waals surface area contributed by atoms with E-state index in [-0.39, 0.29) is 29.7 Å². The summed E-state index contributed by atoms with van der Waals surface area (Å²) in [5, 5.41) is 12.6. The van der Waals surface area contributed by atoms with Gasteiger partial charge in [0.05, 0.1) is 11.7 Å².